The molecule has 16 heavy (non-hydrogen) atoms. The van der Waals surface area contributed by atoms with Crippen molar-refractivity contribution in [3.05, 3.63) is 36.5 Å². The molecule has 0 atom stereocenters. The van der Waals surface area contributed by atoms with Gasteiger partial charge in [0.05, 0.1) is 11.7 Å². The molecule has 0 fully saturated rings. The number of nitrogens with zero attached hydrogens (tertiary/aromatic N) is 3. The molecule has 2 aromatic heterocycles. The molecule has 0 saturated heterocycles. The third kappa shape index (κ3) is 1.42. The molecule has 2 heterocycles. The van der Waals surface area contributed by atoms with Crippen LogP contribution in [0.3, 0.4) is 0 Å². The van der Waals surface area contributed by atoms with Crippen LogP contribution in [0.4, 0.5) is 0 Å². The summed E-state index contributed by atoms with van der Waals surface area (Å²) < 4.78 is 8.15. The number of pyridine rings is 1. The Morgan fingerprint density at radius 1 is 1.12 bits per heavy atom. The first-order chi connectivity index (χ1) is 7.84. The molecule has 0 amide bonds. The molecular weight excluding hydrogens is 222 g/mol. The predicted molar refractivity (Wildman–Crippen MR) is 62.3 cm³/mol. The summed E-state index contributed by atoms with van der Waals surface area (Å²) in [6, 6.07) is 9.03. The van der Waals surface area contributed by atoms with Crippen LogP contribution in [0.25, 0.3) is 22.3 Å². The number of aromatic nitrogens is 3. The van der Waals surface area contributed by atoms with Gasteiger partial charge in [-0.25, -0.2) is 4.98 Å². The first kappa shape index (κ1) is 9.23. The molecule has 3 aromatic rings. The Labute approximate surface area is 95.5 Å². The largest absolute Gasteiger partial charge is 0.507 e. The predicted octanol–water partition coefficient (Wildman–Crippen LogP) is 2.46. The average Bonchev–Trinajstić information content (AvgIpc) is 2.76. The first-order valence-electron chi connectivity index (χ1n) is 4.71. The topological polar surface area (TPSA) is 58.9 Å². The van der Waals surface area contributed by atoms with Crippen molar-refractivity contribution in [2.75, 3.05) is 0 Å². The second-order valence-corrected chi connectivity index (χ2v) is 3.88. The maximum atomic E-state index is 9.73. The highest BCUT2D eigenvalue weighted by Crippen LogP contribution is 2.29. The second-order valence-electron chi connectivity index (χ2n) is 3.35. The van der Waals surface area contributed by atoms with Crippen molar-refractivity contribution < 1.29 is 5.11 Å². The average molecular weight is 229 g/mol. The Hall–Kier alpha value is -2.01. The van der Waals surface area contributed by atoms with E-state index in [1.807, 2.05) is 18.2 Å². The van der Waals surface area contributed by atoms with Crippen molar-refractivity contribution in [3.8, 4) is 16.9 Å². The van der Waals surface area contributed by atoms with Gasteiger partial charge in [-0.05, 0) is 12.1 Å². The third-order valence-corrected chi connectivity index (χ3v) is 2.86. The molecule has 0 aliphatic heterocycles. The number of phenolic OH excluding ortho intramolecular Hbond substituents is 1. The zero-order valence-corrected chi connectivity index (χ0v) is 8.98. The van der Waals surface area contributed by atoms with Gasteiger partial charge in [0.1, 0.15) is 11.3 Å². The van der Waals surface area contributed by atoms with Crippen molar-refractivity contribution >= 4 is 22.9 Å². The molecular formula is C11H7N3OS. The van der Waals surface area contributed by atoms with E-state index in [2.05, 4.69) is 13.7 Å². The summed E-state index contributed by atoms with van der Waals surface area (Å²) in [5.41, 5.74) is 3.00. The first-order valence-corrected chi connectivity index (χ1v) is 5.44. The molecule has 0 unspecified atom stereocenters. The molecule has 0 aliphatic carbocycles. The van der Waals surface area contributed by atoms with Crippen molar-refractivity contribution in [1.82, 2.24) is 13.7 Å². The van der Waals surface area contributed by atoms with Gasteiger partial charge in [-0.15, -0.1) is 0 Å². The fraction of sp³-hybridized carbons (Fsp3) is 0. The van der Waals surface area contributed by atoms with Gasteiger partial charge in [0.15, 0.2) is 5.65 Å². The van der Waals surface area contributed by atoms with Crippen LogP contribution in [0, 0.1) is 0 Å². The van der Waals surface area contributed by atoms with Crippen LogP contribution in [-0.4, -0.2) is 18.8 Å². The fourth-order valence-corrected chi connectivity index (χ4v) is 2.03. The van der Waals surface area contributed by atoms with Crippen LogP contribution in [-0.2, 0) is 0 Å². The monoisotopic (exact) mass is 229 g/mol. The van der Waals surface area contributed by atoms with E-state index in [1.54, 1.807) is 18.3 Å². The Balaban J connectivity index is 2.22. The zero-order valence-electron chi connectivity index (χ0n) is 8.16. The van der Waals surface area contributed by atoms with Crippen molar-refractivity contribution in [3.63, 3.8) is 0 Å². The van der Waals surface area contributed by atoms with Crippen LogP contribution >= 0.6 is 11.7 Å². The molecule has 1 aromatic carbocycles. The van der Waals surface area contributed by atoms with E-state index in [0.29, 0.717) is 5.65 Å². The minimum atomic E-state index is 0.242. The van der Waals surface area contributed by atoms with Gasteiger partial charge in [0.2, 0.25) is 0 Å². The van der Waals surface area contributed by atoms with E-state index < -0.39 is 0 Å². The van der Waals surface area contributed by atoms with Gasteiger partial charge in [-0.3, -0.25) is 0 Å². The number of hydrogen-bond donors (Lipinski definition) is 1. The second kappa shape index (κ2) is 3.53. The standard InChI is InChI=1S/C11H7N3OS/c15-10-4-2-1-3-8(10)7-5-9-11(12-6-7)14-16-13-9/h1-6,15H. The molecule has 0 bridgehead atoms. The molecule has 0 aliphatic rings. The molecule has 5 heteroatoms. The van der Waals surface area contributed by atoms with Crippen molar-refractivity contribution in [1.29, 1.82) is 0 Å². The molecule has 3 rings (SSSR count). The van der Waals surface area contributed by atoms with Crippen LogP contribution < -0.4 is 0 Å². The van der Waals surface area contributed by atoms with Crippen LogP contribution in [0.5, 0.6) is 5.75 Å². The van der Waals surface area contributed by atoms with Gasteiger partial charge in [-0.2, -0.15) is 8.75 Å². The summed E-state index contributed by atoms with van der Waals surface area (Å²) in [7, 11) is 0. The minimum Gasteiger partial charge on any atom is -0.507 e. The van der Waals surface area contributed by atoms with Crippen molar-refractivity contribution in [2.45, 2.75) is 0 Å². The van der Waals surface area contributed by atoms with E-state index in [1.165, 1.54) is 0 Å². The van der Waals surface area contributed by atoms with Crippen molar-refractivity contribution in [2.24, 2.45) is 0 Å². The number of aromatic hydroxyl groups is 1. The molecule has 4 nitrogen and oxygen atoms in total. The molecule has 0 spiro atoms. The Morgan fingerprint density at radius 2 is 2.00 bits per heavy atom. The van der Waals surface area contributed by atoms with E-state index in [0.717, 1.165) is 28.4 Å². The number of fused-ring (bicyclic) bond motifs is 1. The van der Waals surface area contributed by atoms with Gasteiger partial charge in [0.25, 0.3) is 0 Å². The maximum Gasteiger partial charge on any atom is 0.193 e. The lowest BCUT2D eigenvalue weighted by Crippen LogP contribution is -1.82. The van der Waals surface area contributed by atoms with Crippen LogP contribution in [0.15, 0.2) is 36.5 Å². The van der Waals surface area contributed by atoms with Crippen LogP contribution in [0.2, 0.25) is 0 Å². The Morgan fingerprint density at radius 3 is 2.88 bits per heavy atom. The van der Waals surface area contributed by atoms with Crippen LogP contribution in [0.1, 0.15) is 0 Å². The minimum absolute atomic E-state index is 0.242. The summed E-state index contributed by atoms with van der Waals surface area (Å²) >= 11 is 1.14. The summed E-state index contributed by atoms with van der Waals surface area (Å²) in [5, 5.41) is 9.73. The number of para-hydroxylation sites is 1. The molecule has 0 saturated carbocycles. The molecule has 1 N–H and O–H groups in total. The van der Waals surface area contributed by atoms with Gasteiger partial charge in [0, 0.05) is 17.3 Å². The highest BCUT2D eigenvalue weighted by molar-refractivity contribution is 7.00. The number of benzene rings is 1. The lowest BCUT2D eigenvalue weighted by molar-refractivity contribution is 0.477. The van der Waals surface area contributed by atoms with E-state index in [4.69, 9.17) is 0 Å². The third-order valence-electron chi connectivity index (χ3n) is 2.33. The maximum absolute atomic E-state index is 9.73. The van der Waals surface area contributed by atoms with Gasteiger partial charge in [-0.1, -0.05) is 18.2 Å². The zero-order chi connectivity index (χ0) is 11.0. The molecule has 0 radical (unpaired) electrons. The number of phenols is 1. The van der Waals surface area contributed by atoms with E-state index in [9.17, 15) is 5.11 Å². The van der Waals surface area contributed by atoms with Gasteiger partial charge < -0.3 is 5.11 Å². The Bertz CT molecular complexity index is 650. The SMILES string of the molecule is Oc1ccccc1-c1cnc2nsnc2c1. The highest BCUT2D eigenvalue weighted by Gasteiger charge is 2.06. The normalized spacial score (nSPS) is 10.8. The quantitative estimate of drug-likeness (QED) is 0.696. The number of rotatable bonds is 1. The lowest BCUT2D eigenvalue weighted by atomic mass is 10.1. The molecule has 78 valence electrons. The highest BCUT2D eigenvalue weighted by atomic mass is 32.1. The summed E-state index contributed by atoms with van der Waals surface area (Å²) in [6.07, 6.45) is 1.69. The lowest BCUT2D eigenvalue weighted by Gasteiger charge is -2.02. The smallest absolute Gasteiger partial charge is 0.193 e. The summed E-state index contributed by atoms with van der Waals surface area (Å²) in [5.74, 6) is 0.242. The number of hydrogen-bond acceptors (Lipinski definition) is 5. The van der Waals surface area contributed by atoms with E-state index >= 15 is 0 Å². The van der Waals surface area contributed by atoms with E-state index in [-0.39, 0.29) is 5.75 Å². The fourth-order valence-electron chi connectivity index (χ4n) is 1.55. The van der Waals surface area contributed by atoms with Gasteiger partial charge >= 0.3 is 0 Å². The summed E-state index contributed by atoms with van der Waals surface area (Å²) in [4.78, 5) is 4.18. The summed E-state index contributed by atoms with van der Waals surface area (Å²) in [6.45, 7) is 0. The Kier molecular flexibility index (Phi) is 2.04.